The zero-order valence-electron chi connectivity index (χ0n) is 8.20. The van der Waals surface area contributed by atoms with E-state index in [4.69, 9.17) is 0 Å². The maximum atomic E-state index is 11.6. The Morgan fingerprint density at radius 2 is 2.08 bits per heavy atom. The van der Waals surface area contributed by atoms with Crippen LogP contribution >= 0.6 is 0 Å². The van der Waals surface area contributed by atoms with Gasteiger partial charge in [0, 0.05) is 12.3 Å². The van der Waals surface area contributed by atoms with Crippen LogP contribution in [0.1, 0.15) is 39.0 Å². The zero-order valence-corrected chi connectivity index (χ0v) is 8.20. The second-order valence-electron chi connectivity index (χ2n) is 4.69. The predicted octanol–water partition coefficient (Wildman–Crippen LogP) is 1.76. The van der Waals surface area contributed by atoms with E-state index < -0.39 is 0 Å². The van der Waals surface area contributed by atoms with E-state index in [9.17, 15) is 9.90 Å². The average molecular weight is 182 g/mol. The molecule has 0 aromatic heterocycles. The van der Waals surface area contributed by atoms with Crippen molar-refractivity contribution in [2.45, 2.75) is 45.1 Å². The van der Waals surface area contributed by atoms with Crippen molar-refractivity contribution in [3.8, 4) is 0 Å². The van der Waals surface area contributed by atoms with Crippen LogP contribution in [0.2, 0.25) is 0 Å². The minimum Gasteiger partial charge on any atom is -0.392 e. The van der Waals surface area contributed by atoms with Gasteiger partial charge in [0.2, 0.25) is 0 Å². The molecule has 2 heteroatoms. The number of ketones is 1. The molecule has 2 aliphatic carbocycles. The third-order valence-electron chi connectivity index (χ3n) is 3.54. The van der Waals surface area contributed by atoms with Crippen LogP contribution in [0.3, 0.4) is 0 Å². The third-order valence-corrected chi connectivity index (χ3v) is 3.54. The molecule has 0 aromatic carbocycles. The molecule has 0 unspecified atom stereocenters. The molecule has 2 aliphatic rings. The van der Waals surface area contributed by atoms with Crippen molar-refractivity contribution in [3.63, 3.8) is 0 Å². The van der Waals surface area contributed by atoms with E-state index in [1.807, 2.05) is 0 Å². The van der Waals surface area contributed by atoms with Gasteiger partial charge in [0.1, 0.15) is 5.78 Å². The Hall–Kier alpha value is -0.370. The number of carbonyl (C=O) groups excluding carboxylic acids is 1. The summed E-state index contributed by atoms with van der Waals surface area (Å²) in [5.41, 5.74) is 0. The Balaban J connectivity index is 2.03. The first-order valence-corrected chi connectivity index (χ1v) is 5.41. The molecule has 2 fully saturated rings. The van der Waals surface area contributed by atoms with Crippen molar-refractivity contribution < 1.29 is 9.90 Å². The van der Waals surface area contributed by atoms with Gasteiger partial charge < -0.3 is 5.11 Å². The van der Waals surface area contributed by atoms with E-state index in [1.165, 1.54) is 0 Å². The minimum absolute atomic E-state index is 0.0405. The van der Waals surface area contributed by atoms with Gasteiger partial charge in [0.05, 0.1) is 6.10 Å². The first kappa shape index (κ1) is 9.20. The molecule has 0 heterocycles. The molecule has 0 saturated heterocycles. The molecule has 0 amide bonds. The summed E-state index contributed by atoms with van der Waals surface area (Å²) in [6, 6.07) is 0. The monoisotopic (exact) mass is 182 g/mol. The Bertz CT molecular complexity index is 208. The molecule has 0 aromatic rings. The highest BCUT2D eigenvalue weighted by Crippen LogP contribution is 2.41. The Kier molecular flexibility index (Phi) is 2.41. The van der Waals surface area contributed by atoms with Crippen LogP contribution in [-0.4, -0.2) is 17.0 Å². The molecular formula is C11H18O2. The van der Waals surface area contributed by atoms with Crippen molar-refractivity contribution in [1.82, 2.24) is 0 Å². The number of hydrogen-bond donors (Lipinski definition) is 1. The molecule has 0 aliphatic heterocycles. The summed E-state index contributed by atoms with van der Waals surface area (Å²) < 4.78 is 0. The summed E-state index contributed by atoms with van der Waals surface area (Å²) in [5.74, 6) is 1.10. The molecule has 3 atom stereocenters. The topological polar surface area (TPSA) is 37.3 Å². The fourth-order valence-electron chi connectivity index (χ4n) is 2.52. The van der Waals surface area contributed by atoms with Gasteiger partial charge in [0.25, 0.3) is 0 Å². The Labute approximate surface area is 79.3 Å². The van der Waals surface area contributed by atoms with Gasteiger partial charge in [-0.2, -0.15) is 0 Å². The molecule has 0 radical (unpaired) electrons. The maximum Gasteiger partial charge on any atom is 0.138 e. The molecule has 2 rings (SSSR count). The number of aliphatic hydroxyl groups excluding tert-OH is 1. The predicted molar refractivity (Wildman–Crippen MR) is 50.2 cm³/mol. The van der Waals surface area contributed by atoms with E-state index in [1.54, 1.807) is 0 Å². The molecule has 0 spiro atoms. The lowest BCUT2D eigenvalue weighted by Gasteiger charge is -2.31. The van der Waals surface area contributed by atoms with Crippen LogP contribution in [-0.2, 0) is 4.79 Å². The highest BCUT2D eigenvalue weighted by Gasteiger charge is 2.41. The fraction of sp³-hybridized carbons (Fsp3) is 0.909. The number of carbonyl (C=O) groups is 1. The van der Waals surface area contributed by atoms with Crippen molar-refractivity contribution in [1.29, 1.82) is 0 Å². The maximum absolute atomic E-state index is 11.6. The van der Waals surface area contributed by atoms with Gasteiger partial charge in [-0.25, -0.2) is 0 Å². The number of hydrogen-bond acceptors (Lipinski definition) is 2. The fourth-order valence-corrected chi connectivity index (χ4v) is 2.52. The van der Waals surface area contributed by atoms with Gasteiger partial charge in [-0.3, -0.25) is 4.79 Å². The first-order chi connectivity index (χ1) is 6.20. The van der Waals surface area contributed by atoms with Crippen molar-refractivity contribution >= 4 is 5.78 Å². The van der Waals surface area contributed by atoms with Crippen LogP contribution in [0.4, 0.5) is 0 Å². The quantitative estimate of drug-likeness (QED) is 0.706. The van der Waals surface area contributed by atoms with Crippen LogP contribution in [0.25, 0.3) is 0 Å². The van der Waals surface area contributed by atoms with Crippen molar-refractivity contribution in [2.75, 3.05) is 0 Å². The Morgan fingerprint density at radius 1 is 1.38 bits per heavy atom. The minimum atomic E-state index is -0.331. The number of rotatable bonds is 2. The number of Topliss-reactive ketones (excluding diaryl/α,β-unsaturated/α-hetero) is 1. The van der Waals surface area contributed by atoms with Crippen LogP contribution in [0.5, 0.6) is 0 Å². The SMILES string of the molecule is C[C@@H]1CCCC(=O)[C@H]1[C@H](O)C1CC1. The lowest BCUT2D eigenvalue weighted by atomic mass is 9.75. The van der Waals surface area contributed by atoms with Gasteiger partial charge in [-0.1, -0.05) is 6.92 Å². The van der Waals surface area contributed by atoms with E-state index in [-0.39, 0.29) is 12.0 Å². The lowest BCUT2D eigenvalue weighted by molar-refractivity contribution is -0.131. The second-order valence-corrected chi connectivity index (χ2v) is 4.69. The van der Waals surface area contributed by atoms with Crippen LogP contribution < -0.4 is 0 Å². The van der Waals surface area contributed by atoms with Crippen LogP contribution in [0, 0.1) is 17.8 Å². The summed E-state index contributed by atoms with van der Waals surface area (Å²) >= 11 is 0. The molecule has 13 heavy (non-hydrogen) atoms. The van der Waals surface area contributed by atoms with Gasteiger partial charge >= 0.3 is 0 Å². The summed E-state index contributed by atoms with van der Waals surface area (Å²) in [7, 11) is 0. The smallest absolute Gasteiger partial charge is 0.138 e. The number of aliphatic hydroxyl groups is 1. The van der Waals surface area contributed by atoms with E-state index in [0.717, 1.165) is 25.7 Å². The molecule has 2 saturated carbocycles. The third kappa shape index (κ3) is 1.78. The molecule has 0 bridgehead atoms. The standard InChI is InChI=1S/C11H18O2/c1-7-3-2-4-9(12)10(7)11(13)8-5-6-8/h7-8,10-11,13H,2-6H2,1H3/t7-,10+,11-/m1/s1. The highest BCUT2D eigenvalue weighted by molar-refractivity contribution is 5.82. The molecule has 2 nitrogen and oxygen atoms in total. The molecular weight excluding hydrogens is 164 g/mol. The summed E-state index contributed by atoms with van der Waals surface area (Å²) in [5, 5.41) is 9.93. The van der Waals surface area contributed by atoms with Gasteiger partial charge in [-0.05, 0) is 37.5 Å². The highest BCUT2D eigenvalue weighted by atomic mass is 16.3. The van der Waals surface area contributed by atoms with E-state index in [2.05, 4.69) is 6.92 Å². The summed E-state index contributed by atoms with van der Waals surface area (Å²) in [6.45, 7) is 2.10. The summed E-state index contributed by atoms with van der Waals surface area (Å²) in [6.07, 6.45) is 4.74. The van der Waals surface area contributed by atoms with Crippen molar-refractivity contribution in [3.05, 3.63) is 0 Å². The Morgan fingerprint density at radius 3 is 2.62 bits per heavy atom. The second kappa shape index (κ2) is 3.41. The lowest BCUT2D eigenvalue weighted by Crippen LogP contribution is -2.37. The average Bonchev–Trinajstić information content (AvgIpc) is 2.85. The normalized spacial score (nSPS) is 37.5. The summed E-state index contributed by atoms with van der Waals surface area (Å²) in [4.78, 5) is 11.6. The van der Waals surface area contributed by atoms with E-state index >= 15 is 0 Å². The van der Waals surface area contributed by atoms with Gasteiger partial charge in [0.15, 0.2) is 0 Å². The van der Waals surface area contributed by atoms with Crippen LogP contribution in [0.15, 0.2) is 0 Å². The van der Waals surface area contributed by atoms with Crippen molar-refractivity contribution in [2.24, 2.45) is 17.8 Å². The largest absolute Gasteiger partial charge is 0.392 e. The first-order valence-electron chi connectivity index (χ1n) is 5.41. The van der Waals surface area contributed by atoms with Gasteiger partial charge in [-0.15, -0.1) is 0 Å². The zero-order chi connectivity index (χ0) is 9.42. The molecule has 1 N–H and O–H groups in total. The van der Waals surface area contributed by atoms with E-state index in [0.29, 0.717) is 24.0 Å². The molecule has 74 valence electrons.